The van der Waals surface area contributed by atoms with Gasteiger partial charge in [-0.25, -0.2) is 0 Å². The minimum absolute atomic E-state index is 0.0327. The number of nitrogens with zero attached hydrogens (tertiary/aromatic N) is 1. The summed E-state index contributed by atoms with van der Waals surface area (Å²) in [6.45, 7) is 1.39. The zero-order valence-corrected chi connectivity index (χ0v) is 17.0. The Bertz CT molecular complexity index is 841. The molecular weight excluding hydrogens is 360 g/mol. The molecule has 1 aliphatic carbocycles. The smallest absolute Gasteiger partial charge is 0.223 e. The van der Waals surface area contributed by atoms with Crippen LogP contribution in [0.25, 0.3) is 0 Å². The first kappa shape index (κ1) is 19.7. The Labute approximate surface area is 173 Å². The number of fused-ring (bicyclic) bond motifs is 1. The molecule has 0 bridgehead atoms. The monoisotopic (exact) mass is 390 g/mol. The van der Waals surface area contributed by atoms with E-state index in [1.54, 1.807) is 0 Å². The maximum atomic E-state index is 12.8. The van der Waals surface area contributed by atoms with Gasteiger partial charge in [-0.15, -0.1) is 0 Å². The van der Waals surface area contributed by atoms with Crippen molar-refractivity contribution in [3.8, 4) is 0 Å². The Kier molecular flexibility index (Phi) is 6.28. The number of benzene rings is 2. The molecule has 4 rings (SSSR count). The zero-order valence-electron chi connectivity index (χ0n) is 17.0. The van der Waals surface area contributed by atoms with E-state index >= 15 is 0 Å². The fourth-order valence-corrected chi connectivity index (χ4v) is 4.59. The van der Waals surface area contributed by atoms with Gasteiger partial charge in [0, 0.05) is 31.5 Å². The van der Waals surface area contributed by atoms with Crippen molar-refractivity contribution >= 4 is 11.8 Å². The van der Waals surface area contributed by atoms with Crippen molar-refractivity contribution in [3.63, 3.8) is 0 Å². The molecule has 2 aromatic rings. The number of likely N-dealkylation sites (tertiary alicyclic amines) is 1. The first-order valence-corrected chi connectivity index (χ1v) is 10.9. The summed E-state index contributed by atoms with van der Waals surface area (Å²) >= 11 is 0. The predicted molar refractivity (Wildman–Crippen MR) is 114 cm³/mol. The van der Waals surface area contributed by atoms with Gasteiger partial charge in [0.05, 0.1) is 0 Å². The second-order valence-corrected chi connectivity index (χ2v) is 8.36. The number of nitrogens with one attached hydrogen (secondary N) is 1. The number of carbonyl (C=O) groups excluding carboxylic acids is 2. The topological polar surface area (TPSA) is 49.4 Å². The maximum Gasteiger partial charge on any atom is 0.223 e. The molecule has 4 nitrogen and oxygen atoms in total. The van der Waals surface area contributed by atoms with Crippen molar-refractivity contribution in [2.45, 2.75) is 51.0 Å². The third-order valence-electron chi connectivity index (χ3n) is 6.38. The highest BCUT2D eigenvalue weighted by molar-refractivity contribution is 5.80. The van der Waals surface area contributed by atoms with Crippen molar-refractivity contribution in [2.75, 3.05) is 13.1 Å². The fourth-order valence-electron chi connectivity index (χ4n) is 4.59. The van der Waals surface area contributed by atoms with Gasteiger partial charge >= 0.3 is 0 Å². The molecule has 2 aliphatic rings. The third kappa shape index (κ3) is 5.06. The van der Waals surface area contributed by atoms with Gasteiger partial charge in [0.15, 0.2) is 0 Å². The van der Waals surface area contributed by atoms with Gasteiger partial charge in [0.25, 0.3) is 0 Å². The number of amides is 2. The molecule has 0 spiro atoms. The van der Waals surface area contributed by atoms with Gasteiger partial charge in [0.2, 0.25) is 11.8 Å². The molecule has 1 fully saturated rings. The van der Waals surface area contributed by atoms with Crippen LogP contribution in [0.2, 0.25) is 0 Å². The van der Waals surface area contributed by atoms with Crippen LogP contribution in [0.3, 0.4) is 0 Å². The van der Waals surface area contributed by atoms with Crippen molar-refractivity contribution in [2.24, 2.45) is 5.92 Å². The predicted octanol–water partition coefficient (Wildman–Crippen LogP) is 3.53. The van der Waals surface area contributed by atoms with Crippen molar-refractivity contribution in [1.82, 2.24) is 10.2 Å². The van der Waals surface area contributed by atoms with Crippen molar-refractivity contribution < 1.29 is 9.59 Å². The SMILES string of the molecule is O=C(NC1CCc2ccccc2C1)C1CCN(C(=O)CCc2ccccc2)CC1. The van der Waals surface area contributed by atoms with Gasteiger partial charge in [-0.05, 0) is 55.2 Å². The number of rotatable bonds is 5. The minimum Gasteiger partial charge on any atom is -0.353 e. The van der Waals surface area contributed by atoms with Crippen LogP contribution < -0.4 is 5.32 Å². The summed E-state index contributed by atoms with van der Waals surface area (Å²) < 4.78 is 0. The second kappa shape index (κ2) is 9.25. The molecule has 1 atom stereocenters. The molecule has 4 heteroatoms. The van der Waals surface area contributed by atoms with E-state index in [-0.39, 0.29) is 23.8 Å². The number of aryl methyl sites for hydroxylation is 2. The maximum absolute atomic E-state index is 12.8. The molecule has 1 saturated heterocycles. The summed E-state index contributed by atoms with van der Waals surface area (Å²) in [6.07, 6.45) is 5.85. The molecule has 0 saturated carbocycles. The molecule has 2 amide bonds. The Morgan fingerprint density at radius 1 is 0.897 bits per heavy atom. The lowest BCUT2D eigenvalue weighted by Gasteiger charge is -2.33. The standard InChI is InChI=1S/C25H30N2O2/c28-24(13-10-19-6-2-1-3-7-19)27-16-14-21(15-17-27)25(29)26-23-12-11-20-8-4-5-9-22(20)18-23/h1-9,21,23H,10-18H2,(H,26,29). The summed E-state index contributed by atoms with van der Waals surface area (Å²) in [7, 11) is 0. The number of carbonyl (C=O) groups is 2. The van der Waals surface area contributed by atoms with Crippen LogP contribution >= 0.6 is 0 Å². The largest absolute Gasteiger partial charge is 0.353 e. The number of piperidine rings is 1. The average molecular weight is 391 g/mol. The first-order chi connectivity index (χ1) is 14.2. The van der Waals surface area contributed by atoms with Gasteiger partial charge in [-0.3, -0.25) is 9.59 Å². The molecule has 0 radical (unpaired) electrons. The van der Waals surface area contributed by atoms with Crippen LogP contribution in [0.4, 0.5) is 0 Å². The Hall–Kier alpha value is -2.62. The van der Waals surface area contributed by atoms with E-state index in [9.17, 15) is 9.59 Å². The Balaban J connectivity index is 1.21. The van der Waals surface area contributed by atoms with Gasteiger partial charge in [0.1, 0.15) is 0 Å². The van der Waals surface area contributed by atoms with E-state index in [4.69, 9.17) is 0 Å². The lowest BCUT2D eigenvalue weighted by Crippen LogP contribution is -2.46. The number of hydrogen-bond acceptors (Lipinski definition) is 2. The highest BCUT2D eigenvalue weighted by atomic mass is 16.2. The molecule has 1 N–H and O–H groups in total. The van der Waals surface area contributed by atoms with E-state index in [1.165, 1.54) is 16.7 Å². The molecule has 1 heterocycles. The van der Waals surface area contributed by atoms with E-state index in [0.717, 1.165) is 38.5 Å². The quantitative estimate of drug-likeness (QED) is 0.849. The summed E-state index contributed by atoms with van der Waals surface area (Å²) in [4.78, 5) is 27.2. The molecule has 1 unspecified atom stereocenters. The van der Waals surface area contributed by atoms with E-state index in [2.05, 4.69) is 41.7 Å². The average Bonchev–Trinajstić information content (AvgIpc) is 2.78. The van der Waals surface area contributed by atoms with Gasteiger partial charge < -0.3 is 10.2 Å². The first-order valence-electron chi connectivity index (χ1n) is 10.9. The van der Waals surface area contributed by atoms with Crippen LogP contribution in [0.1, 0.15) is 42.4 Å². The van der Waals surface area contributed by atoms with E-state index < -0.39 is 0 Å². The Morgan fingerprint density at radius 3 is 2.34 bits per heavy atom. The lowest BCUT2D eigenvalue weighted by atomic mass is 9.87. The van der Waals surface area contributed by atoms with Crippen molar-refractivity contribution in [3.05, 3.63) is 71.3 Å². The summed E-state index contributed by atoms with van der Waals surface area (Å²) in [5.74, 6) is 0.410. The lowest BCUT2D eigenvalue weighted by molar-refractivity contribution is -0.135. The molecule has 2 aromatic carbocycles. The van der Waals surface area contributed by atoms with E-state index in [0.29, 0.717) is 19.5 Å². The molecule has 1 aliphatic heterocycles. The van der Waals surface area contributed by atoms with Gasteiger partial charge in [-0.2, -0.15) is 0 Å². The fraction of sp³-hybridized carbons (Fsp3) is 0.440. The minimum atomic E-state index is 0.0327. The summed E-state index contributed by atoms with van der Waals surface area (Å²) in [5, 5.41) is 3.28. The second-order valence-electron chi connectivity index (χ2n) is 8.36. The molecule has 0 aromatic heterocycles. The van der Waals surface area contributed by atoms with Crippen LogP contribution in [0, 0.1) is 5.92 Å². The highest BCUT2D eigenvalue weighted by Gasteiger charge is 2.29. The van der Waals surface area contributed by atoms with E-state index in [1.807, 2.05) is 23.1 Å². The van der Waals surface area contributed by atoms with Crippen LogP contribution in [-0.2, 0) is 28.9 Å². The summed E-state index contributed by atoms with van der Waals surface area (Å²) in [6, 6.07) is 18.9. The zero-order chi connectivity index (χ0) is 20.1. The van der Waals surface area contributed by atoms with Crippen molar-refractivity contribution in [1.29, 1.82) is 0 Å². The molecule has 29 heavy (non-hydrogen) atoms. The Morgan fingerprint density at radius 2 is 1.59 bits per heavy atom. The normalized spacial score (nSPS) is 19.4. The molecular formula is C25H30N2O2. The van der Waals surface area contributed by atoms with Crippen LogP contribution in [0.15, 0.2) is 54.6 Å². The van der Waals surface area contributed by atoms with Gasteiger partial charge in [-0.1, -0.05) is 54.6 Å². The number of hydrogen-bond donors (Lipinski definition) is 1. The van der Waals surface area contributed by atoms with Crippen LogP contribution in [0.5, 0.6) is 0 Å². The highest BCUT2D eigenvalue weighted by Crippen LogP contribution is 2.23. The molecule has 152 valence electrons. The summed E-state index contributed by atoms with van der Waals surface area (Å²) in [5.41, 5.74) is 3.98. The van der Waals surface area contributed by atoms with Crippen LogP contribution in [-0.4, -0.2) is 35.8 Å². The third-order valence-corrected chi connectivity index (χ3v) is 6.38.